The summed E-state index contributed by atoms with van der Waals surface area (Å²) in [6.07, 6.45) is 6.16. The second kappa shape index (κ2) is 11.3. The van der Waals surface area contributed by atoms with Gasteiger partial charge >= 0.3 is 5.97 Å². The van der Waals surface area contributed by atoms with Gasteiger partial charge in [0, 0.05) is 38.6 Å². The van der Waals surface area contributed by atoms with Crippen molar-refractivity contribution in [1.82, 2.24) is 24.8 Å². The summed E-state index contributed by atoms with van der Waals surface area (Å²) in [6, 6.07) is 8.91. The zero-order valence-corrected chi connectivity index (χ0v) is 19.1. The number of methoxy groups -OCH3 is 1. The number of fused-ring (bicyclic) bond motifs is 1. The highest BCUT2D eigenvalue weighted by Crippen LogP contribution is 2.20. The third-order valence-electron chi connectivity index (χ3n) is 5.37. The topological polar surface area (TPSA) is 111 Å². The average molecular weight is 456 g/mol. The number of likely N-dealkylation sites (tertiary alicyclic amines) is 1. The molecule has 10 heteroatoms. The Bertz CT molecular complexity index is 1040. The smallest absolute Gasteiger partial charge is 0.328 e. The first kappa shape index (κ1) is 24.0. The number of benzene rings is 1. The van der Waals surface area contributed by atoms with Crippen molar-refractivity contribution >= 4 is 28.8 Å². The number of nitrogens with zero attached hydrogens (tertiary/aromatic N) is 5. The highest BCUT2D eigenvalue weighted by atomic mass is 16.5. The fourth-order valence-corrected chi connectivity index (χ4v) is 3.62. The van der Waals surface area contributed by atoms with E-state index in [1.807, 2.05) is 24.3 Å². The number of hydrogen-bond acceptors (Lipinski definition) is 7. The van der Waals surface area contributed by atoms with Gasteiger partial charge in [-0.15, -0.1) is 5.10 Å². The summed E-state index contributed by atoms with van der Waals surface area (Å²) in [5.74, 6) is -0.0863. The molecule has 3 heterocycles. The maximum atomic E-state index is 12.2. The lowest BCUT2D eigenvalue weighted by molar-refractivity contribution is -0.154. The summed E-state index contributed by atoms with van der Waals surface area (Å²) in [7, 11) is 4.76. The molecule has 1 aromatic carbocycles. The lowest BCUT2D eigenvalue weighted by Crippen LogP contribution is -2.48. The van der Waals surface area contributed by atoms with Gasteiger partial charge in [0.2, 0.25) is 5.91 Å². The average Bonchev–Trinajstić information content (AvgIpc) is 3.51. The van der Waals surface area contributed by atoms with Gasteiger partial charge in [0.25, 0.3) is 5.91 Å². The normalized spacial score (nSPS) is 15.5. The molecule has 1 aliphatic heterocycles. The highest BCUT2D eigenvalue weighted by Gasteiger charge is 2.32. The summed E-state index contributed by atoms with van der Waals surface area (Å²) >= 11 is 0. The van der Waals surface area contributed by atoms with Crippen molar-refractivity contribution in [3.63, 3.8) is 0 Å². The van der Waals surface area contributed by atoms with Crippen molar-refractivity contribution in [3.05, 3.63) is 48.5 Å². The number of piperidine rings is 1. The van der Waals surface area contributed by atoms with Gasteiger partial charge in [0.1, 0.15) is 11.6 Å². The Morgan fingerprint density at radius 3 is 2.67 bits per heavy atom. The van der Waals surface area contributed by atoms with Crippen LogP contribution >= 0.6 is 0 Å². The maximum Gasteiger partial charge on any atom is 0.328 e. The van der Waals surface area contributed by atoms with E-state index in [-0.39, 0.29) is 17.8 Å². The SMILES string of the molecule is CN(C)C(=O)c1cc2ccccc2o1.COC(=O)[C@H]1CCCCN1C(=O)CCn1ccnn1. The molecular weight excluding hydrogens is 426 g/mol. The fourth-order valence-electron chi connectivity index (χ4n) is 3.62. The molecule has 1 fully saturated rings. The number of aromatic nitrogens is 3. The van der Waals surface area contributed by atoms with Crippen LogP contribution in [0.15, 0.2) is 47.1 Å². The molecule has 0 aliphatic carbocycles. The second-order valence-corrected chi connectivity index (χ2v) is 7.89. The lowest BCUT2D eigenvalue weighted by atomic mass is 10.0. The summed E-state index contributed by atoms with van der Waals surface area (Å²) in [4.78, 5) is 38.5. The predicted molar refractivity (Wildman–Crippen MR) is 120 cm³/mol. The highest BCUT2D eigenvalue weighted by molar-refractivity contribution is 5.95. The third-order valence-corrected chi connectivity index (χ3v) is 5.37. The Kier molecular flexibility index (Phi) is 8.17. The van der Waals surface area contributed by atoms with Crippen LogP contribution in [0.1, 0.15) is 36.2 Å². The number of ether oxygens (including phenoxy) is 1. The molecule has 0 radical (unpaired) electrons. The summed E-state index contributed by atoms with van der Waals surface area (Å²) < 4.78 is 11.8. The first-order valence-electron chi connectivity index (χ1n) is 10.8. The number of hydrogen-bond donors (Lipinski definition) is 0. The van der Waals surface area contributed by atoms with Crippen molar-refractivity contribution in [3.8, 4) is 0 Å². The molecule has 33 heavy (non-hydrogen) atoms. The van der Waals surface area contributed by atoms with Crippen LogP contribution in [0.4, 0.5) is 0 Å². The largest absolute Gasteiger partial charge is 0.467 e. The van der Waals surface area contributed by atoms with Gasteiger partial charge in [-0.2, -0.15) is 0 Å². The molecule has 3 aromatic rings. The minimum atomic E-state index is -0.429. The summed E-state index contributed by atoms with van der Waals surface area (Å²) in [5.41, 5.74) is 0.748. The van der Waals surface area contributed by atoms with E-state index in [0.717, 1.165) is 23.8 Å². The van der Waals surface area contributed by atoms with E-state index in [9.17, 15) is 14.4 Å². The fraction of sp³-hybridized carbons (Fsp3) is 0.435. The molecule has 4 rings (SSSR count). The van der Waals surface area contributed by atoms with Crippen molar-refractivity contribution in [1.29, 1.82) is 0 Å². The van der Waals surface area contributed by atoms with Gasteiger partial charge in [0.05, 0.1) is 19.9 Å². The number of amides is 2. The molecule has 1 saturated heterocycles. The number of esters is 1. The van der Waals surface area contributed by atoms with Crippen LogP contribution < -0.4 is 0 Å². The number of furan rings is 1. The van der Waals surface area contributed by atoms with E-state index in [4.69, 9.17) is 9.15 Å². The maximum absolute atomic E-state index is 12.2. The molecule has 0 saturated carbocycles. The van der Waals surface area contributed by atoms with Gasteiger partial charge in [0.15, 0.2) is 5.76 Å². The van der Waals surface area contributed by atoms with Crippen molar-refractivity contribution in [2.75, 3.05) is 27.7 Å². The lowest BCUT2D eigenvalue weighted by Gasteiger charge is -2.33. The quantitative estimate of drug-likeness (QED) is 0.543. The van der Waals surface area contributed by atoms with Crippen LogP contribution in [0.25, 0.3) is 11.0 Å². The predicted octanol–water partition coefficient (Wildman–Crippen LogP) is 2.36. The zero-order valence-electron chi connectivity index (χ0n) is 19.1. The molecule has 0 bridgehead atoms. The monoisotopic (exact) mass is 455 g/mol. The Balaban J connectivity index is 0.000000194. The Morgan fingerprint density at radius 1 is 1.21 bits per heavy atom. The summed E-state index contributed by atoms with van der Waals surface area (Å²) in [5, 5.41) is 8.45. The Hall–Kier alpha value is -3.69. The van der Waals surface area contributed by atoms with E-state index in [2.05, 4.69) is 10.3 Å². The standard InChI is InChI=1S/C12H18N4O3.C11H11NO2/c1-19-12(18)10-4-2-3-7-16(10)11(17)5-8-15-9-6-13-14-15;1-12(2)11(13)10-7-8-5-3-4-6-9(8)14-10/h6,9-10H,2-5,7-8H2,1H3;3-7H,1-2H3/t10-;/m1./s1. The van der Waals surface area contributed by atoms with Crippen LogP contribution in [0.2, 0.25) is 0 Å². The number of carbonyl (C=O) groups is 3. The van der Waals surface area contributed by atoms with Crippen LogP contribution in [0.5, 0.6) is 0 Å². The molecular formula is C23H29N5O5. The minimum absolute atomic E-state index is 0.0365. The zero-order chi connectivity index (χ0) is 23.8. The molecule has 0 spiro atoms. The molecule has 0 unspecified atom stereocenters. The molecule has 2 aromatic heterocycles. The molecule has 1 aliphatic rings. The van der Waals surface area contributed by atoms with E-state index in [1.54, 1.807) is 42.1 Å². The number of para-hydroxylation sites is 1. The van der Waals surface area contributed by atoms with Gasteiger partial charge in [-0.25, -0.2) is 4.79 Å². The van der Waals surface area contributed by atoms with Crippen molar-refractivity contribution < 1.29 is 23.5 Å². The van der Waals surface area contributed by atoms with Gasteiger partial charge in [-0.05, 0) is 31.4 Å². The van der Waals surface area contributed by atoms with E-state index in [0.29, 0.717) is 31.7 Å². The van der Waals surface area contributed by atoms with E-state index in [1.165, 1.54) is 12.0 Å². The Labute approximate surface area is 192 Å². The second-order valence-electron chi connectivity index (χ2n) is 7.89. The van der Waals surface area contributed by atoms with Crippen molar-refractivity contribution in [2.24, 2.45) is 0 Å². The first-order chi connectivity index (χ1) is 15.9. The minimum Gasteiger partial charge on any atom is -0.467 e. The first-order valence-corrected chi connectivity index (χ1v) is 10.8. The van der Waals surface area contributed by atoms with E-state index >= 15 is 0 Å². The molecule has 10 nitrogen and oxygen atoms in total. The van der Waals surface area contributed by atoms with Crippen LogP contribution in [-0.2, 0) is 20.9 Å². The Morgan fingerprint density at radius 2 is 2.00 bits per heavy atom. The van der Waals surface area contributed by atoms with Crippen LogP contribution in [-0.4, -0.2) is 76.4 Å². The van der Waals surface area contributed by atoms with Gasteiger partial charge in [-0.1, -0.05) is 23.4 Å². The van der Waals surface area contributed by atoms with Gasteiger partial charge < -0.3 is 19.0 Å². The molecule has 176 valence electrons. The summed E-state index contributed by atoms with van der Waals surface area (Å²) in [6.45, 7) is 1.10. The molecule has 2 amide bonds. The number of aryl methyl sites for hydroxylation is 1. The van der Waals surface area contributed by atoms with Crippen LogP contribution in [0, 0.1) is 0 Å². The molecule has 1 atom stereocenters. The van der Waals surface area contributed by atoms with Crippen LogP contribution in [0.3, 0.4) is 0 Å². The number of carbonyl (C=O) groups excluding carboxylic acids is 3. The van der Waals surface area contributed by atoms with Gasteiger partial charge in [-0.3, -0.25) is 14.3 Å². The van der Waals surface area contributed by atoms with E-state index < -0.39 is 6.04 Å². The molecule has 0 N–H and O–H groups in total. The number of rotatable bonds is 5. The van der Waals surface area contributed by atoms with Crippen molar-refractivity contribution in [2.45, 2.75) is 38.3 Å². The third kappa shape index (κ3) is 6.18.